The third kappa shape index (κ3) is 3.62. The maximum Gasteiger partial charge on any atom is 0.257 e. The Morgan fingerprint density at radius 3 is 2.73 bits per heavy atom. The van der Waals surface area contributed by atoms with Gasteiger partial charge in [0.15, 0.2) is 0 Å². The number of aryl methyl sites for hydroxylation is 2. The summed E-state index contributed by atoms with van der Waals surface area (Å²) in [7, 11) is 1.89. The lowest BCUT2D eigenvalue weighted by atomic mass is 10.1. The second-order valence-corrected chi connectivity index (χ2v) is 7.64. The standard InChI is InChI=1S/C22H24N6O.ClH/c1-14-11-15-12-16(3-5-19(15)24-14)25-22(29)17-4-6-20(28-9-7-23-8-10-28)18-13-27(2)26-21(17)18;/h3-6,11-13,23-24H,7-10H2,1-2H3,(H,25,29);1H. The molecule has 3 N–H and O–H groups in total. The molecular weight excluding hydrogens is 400 g/mol. The number of rotatable bonds is 3. The molecule has 156 valence electrons. The maximum atomic E-state index is 13.1. The molecular formula is C22H25ClN6O. The van der Waals surface area contributed by atoms with Crippen molar-refractivity contribution in [2.24, 2.45) is 7.05 Å². The molecule has 5 rings (SSSR count). The van der Waals surface area contributed by atoms with Crippen LogP contribution in [0.25, 0.3) is 21.8 Å². The first-order valence-corrected chi connectivity index (χ1v) is 9.91. The van der Waals surface area contributed by atoms with Crippen LogP contribution in [0.2, 0.25) is 0 Å². The topological polar surface area (TPSA) is 78.0 Å². The molecule has 1 saturated heterocycles. The Morgan fingerprint density at radius 2 is 1.93 bits per heavy atom. The Kier molecular flexibility index (Phi) is 5.40. The Balaban J connectivity index is 0.00000218. The van der Waals surface area contributed by atoms with E-state index >= 15 is 0 Å². The first-order valence-electron chi connectivity index (χ1n) is 9.91. The van der Waals surface area contributed by atoms with E-state index in [2.05, 4.69) is 31.7 Å². The zero-order chi connectivity index (χ0) is 20.0. The summed E-state index contributed by atoms with van der Waals surface area (Å²) in [5.74, 6) is -0.146. The van der Waals surface area contributed by atoms with Gasteiger partial charge in [0.05, 0.1) is 5.56 Å². The van der Waals surface area contributed by atoms with Gasteiger partial charge in [0.25, 0.3) is 5.91 Å². The van der Waals surface area contributed by atoms with Crippen LogP contribution in [-0.4, -0.2) is 46.9 Å². The highest BCUT2D eigenvalue weighted by atomic mass is 35.5. The number of hydrogen-bond acceptors (Lipinski definition) is 4. The van der Waals surface area contributed by atoms with E-state index < -0.39 is 0 Å². The van der Waals surface area contributed by atoms with E-state index in [9.17, 15) is 4.79 Å². The van der Waals surface area contributed by atoms with E-state index in [1.807, 2.05) is 50.5 Å². The number of carbonyl (C=O) groups excluding carboxylic acids is 1. The Labute approximate surface area is 180 Å². The molecule has 0 saturated carbocycles. The van der Waals surface area contributed by atoms with Gasteiger partial charge in [-0.1, -0.05) is 0 Å². The summed E-state index contributed by atoms with van der Waals surface area (Å²) in [6.45, 7) is 5.85. The van der Waals surface area contributed by atoms with Gasteiger partial charge in [-0.05, 0) is 43.3 Å². The summed E-state index contributed by atoms with van der Waals surface area (Å²) in [5.41, 5.74) is 5.40. The molecule has 0 spiro atoms. The Hall–Kier alpha value is -3.03. The minimum absolute atomic E-state index is 0. The SMILES string of the molecule is Cc1cc2cc(NC(=O)c3ccc(N4CCNCC4)c4cn(C)nc34)ccc2[nH]1.Cl. The average Bonchev–Trinajstić information content (AvgIpc) is 3.28. The van der Waals surface area contributed by atoms with Gasteiger partial charge in [-0.15, -0.1) is 12.4 Å². The number of nitrogens with zero attached hydrogens (tertiary/aromatic N) is 3. The van der Waals surface area contributed by atoms with Crippen LogP contribution in [0.3, 0.4) is 0 Å². The lowest BCUT2D eigenvalue weighted by Gasteiger charge is -2.30. The van der Waals surface area contributed by atoms with E-state index in [1.54, 1.807) is 4.68 Å². The molecule has 1 aliphatic rings. The number of aromatic nitrogens is 3. The highest BCUT2D eigenvalue weighted by molar-refractivity contribution is 6.14. The molecule has 8 heteroatoms. The quantitative estimate of drug-likeness (QED) is 0.470. The molecule has 1 fully saturated rings. The number of benzene rings is 2. The number of amides is 1. The zero-order valence-corrected chi connectivity index (χ0v) is 17.8. The highest BCUT2D eigenvalue weighted by Gasteiger charge is 2.20. The summed E-state index contributed by atoms with van der Waals surface area (Å²) in [4.78, 5) is 18.7. The molecule has 1 aliphatic heterocycles. The summed E-state index contributed by atoms with van der Waals surface area (Å²) >= 11 is 0. The van der Waals surface area contributed by atoms with Crippen molar-refractivity contribution in [3.05, 3.63) is 53.9 Å². The van der Waals surface area contributed by atoms with Gasteiger partial charge in [0, 0.05) is 72.8 Å². The van der Waals surface area contributed by atoms with E-state index in [0.29, 0.717) is 5.56 Å². The molecule has 4 aromatic rings. The van der Waals surface area contributed by atoms with Crippen molar-refractivity contribution in [3.63, 3.8) is 0 Å². The predicted molar refractivity (Wildman–Crippen MR) is 124 cm³/mol. The Morgan fingerprint density at radius 1 is 1.13 bits per heavy atom. The lowest BCUT2D eigenvalue weighted by molar-refractivity contribution is 0.102. The van der Waals surface area contributed by atoms with Crippen LogP contribution in [0, 0.1) is 6.92 Å². The molecule has 0 radical (unpaired) electrons. The van der Waals surface area contributed by atoms with Crippen LogP contribution >= 0.6 is 12.4 Å². The molecule has 2 aromatic carbocycles. The van der Waals surface area contributed by atoms with Crippen molar-refractivity contribution in [3.8, 4) is 0 Å². The van der Waals surface area contributed by atoms with Crippen LogP contribution in [0.15, 0.2) is 42.6 Å². The fraction of sp³-hybridized carbons (Fsp3) is 0.273. The maximum absolute atomic E-state index is 13.1. The average molecular weight is 425 g/mol. The van der Waals surface area contributed by atoms with E-state index in [-0.39, 0.29) is 18.3 Å². The van der Waals surface area contributed by atoms with Crippen molar-refractivity contribution in [1.82, 2.24) is 20.1 Å². The first kappa shape index (κ1) is 20.3. The smallest absolute Gasteiger partial charge is 0.257 e. The molecule has 0 atom stereocenters. The zero-order valence-electron chi connectivity index (χ0n) is 17.0. The molecule has 0 unspecified atom stereocenters. The number of fused-ring (bicyclic) bond motifs is 2. The number of H-pyrrole nitrogens is 1. The molecule has 1 amide bonds. The van der Waals surface area contributed by atoms with Crippen molar-refractivity contribution >= 4 is 51.5 Å². The van der Waals surface area contributed by atoms with Crippen LogP contribution < -0.4 is 15.5 Å². The molecule has 2 aromatic heterocycles. The second-order valence-electron chi connectivity index (χ2n) is 7.64. The number of halogens is 1. The number of carbonyl (C=O) groups is 1. The highest BCUT2D eigenvalue weighted by Crippen LogP contribution is 2.30. The van der Waals surface area contributed by atoms with E-state index in [0.717, 1.165) is 65.1 Å². The summed E-state index contributed by atoms with van der Waals surface area (Å²) in [5, 5.41) is 13.1. The predicted octanol–water partition coefficient (Wildman–Crippen LogP) is 3.45. The number of aromatic amines is 1. The van der Waals surface area contributed by atoms with Gasteiger partial charge >= 0.3 is 0 Å². The molecule has 0 bridgehead atoms. The summed E-state index contributed by atoms with van der Waals surface area (Å²) in [6, 6.07) is 11.9. The van der Waals surface area contributed by atoms with Crippen LogP contribution in [0.1, 0.15) is 16.1 Å². The van der Waals surface area contributed by atoms with Gasteiger partial charge < -0.3 is 20.5 Å². The Bertz CT molecular complexity index is 1220. The molecule has 0 aliphatic carbocycles. The van der Waals surface area contributed by atoms with Crippen LogP contribution in [-0.2, 0) is 7.05 Å². The molecule has 3 heterocycles. The minimum Gasteiger partial charge on any atom is -0.368 e. The fourth-order valence-corrected chi connectivity index (χ4v) is 4.12. The minimum atomic E-state index is -0.146. The third-order valence-corrected chi connectivity index (χ3v) is 5.48. The van der Waals surface area contributed by atoms with Crippen LogP contribution in [0.4, 0.5) is 11.4 Å². The first-order chi connectivity index (χ1) is 14.1. The second kappa shape index (κ2) is 8.01. The van der Waals surface area contributed by atoms with E-state index in [1.165, 1.54) is 0 Å². The molecule has 30 heavy (non-hydrogen) atoms. The van der Waals surface area contributed by atoms with Gasteiger partial charge in [-0.2, -0.15) is 5.10 Å². The van der Waals surface area contributed by atoms with Crippen molar-refractivity contribution in [1.29, 1.82) is 0 Å². The summed E-state index contributed by atoms with van der Waals surface area (Å²) < 4.78 is 1.78. The van der Waals surface area contributed by atoms with Crippen molar-refractivity contribution in [2.45, 2.75) is 6.92 Å². The number of nitrogens with one attached hydrogen (secondary N) is 3. The van der Waals surface area contributed by atoms with Crippen molar-refractivity contribution in [2.75, 3.05) is 36.4 Å². The third-order valence-electron chi connectivity index (χ3n) is 5.48. The van der Waals surface area contributed by atoms with Crippen LogP contribution in [0.5, 0.6) is 0 Å². The van der Waals surface area contributed by atoms with E-state index in [4.69, 9.17) is 0 Å². The van der Waals surface area contributed by atoms with Gasteiger partial charge in [-0.3, -0.25) is 9.48 Å². The van der Waals surface area contributed by atoms with Gasteiger partial charge in [0.1, 0.15) is 5.52 Å². The molecule has 7 nitrogen and oxygen atoms in total. The van der Waals surface area contributed by atoms with Gasteiger partial charge in [-0.25, -0.2) is 0 Å². The lowest BCUT2D eigenvalue weighted by Crippen LogP contribution is -2.43. The largest absolute Gasteiger partial charge is 0.368 e. The van der Waals surface area contributed by atoms with Crippen molar-refractivity contribution < 1.29 is 4.79 Å². The monoisotopic (exact) mass is 424 g/mol. The number of anilines is 2. The van der Waals surface area contributed by atoms with Gasteiger partial charge in [0.2, 0.25) is 0 Å². The fourth-order valence-electron chi connectivity index (χ4n) is 4.12. The summed E-state index contributed by atoms with van der Waals surface area (Å²) in [6.07, 6.45) is 2.00. The number of hydrogen-bond donors (Lipinski definition) is 3. The number of piperazine rings is 1. The normalized spacial score (nSPS) is 14.1.